The molecule has 4 rings (SSSR count). The Morgan fingerprint density at radius 2 is 2.09 bits per heavy atom. The smallest absolute Gasteiger partial charge is 0.273 e. The number of carbonyl (C=O) groups excluding carboxylic acids is 1. The van der Waals surface area contributed by atoms with Crippen LogP contribution in [-0.2, 0) is 4.74 Å². The number of hydrogen-bond acceptors (Lipinski definition) is 5. The summed E-state index contributed by atoms with van der Waals surface area (Å²) in [6, 6.07) is 0.850. The van der Waals surface area contributed by atoms with Gasteiger partial charge >= 0.3 is 0 Å². The van der Waals surface area contributed by atoms with Gasteiger partial charge in [-0.05, 0) is 37.5 Å². The van der Waals surface area contributed by atoms with Gasteiger partial charge in [-0.3, -0.25) is 9.69 Å². The van der Waals surface area contributed by atoms with Crippen LogP contribution >= 0.6 is 0 Å². The lowest BCUT2D eigenvalue weighted by Gasteiger charge is -2.31. The van der Waals surface area contributed by atoms with Crippen LogP contribution in [0, 0.1) is 11.8 Å². The second-order valence-electron chi connectivity index (χ2n) is 6.73. The number of hydrogen-bond donors (Lipinski definition) is 2. The Morgan fingerprint density at radius 1 is 1.27 bits per heavy atom. The molecule has 3 heterocycles. The molecule has 2 N–H and O–H groups in total. The SMILES string of the molecule is O=C(N[C@@H]1CN(C2CCOCC2)C[C@H]1C1CC1)c1cn[nH]n1. The average molecular weight is 305 g/mol. The normalized spacial score (nSPS) is 30.5. The lowest BCUT2D eigenvalue weighted by atomic mass is 9.98. The zero-order valence-corrected chi connectivity index (χ0v) is 12.7. The first-order valence-corrected chi connectivity index (χ1v) is 8.29. The van der Waals surface area contributed by atoms with Crippen LogP contribution in [-0.4, -0.2) is 64.6 Å². The van der Waals surface area contributed by atoms with Crippen molar-refractivity contribution in [3.8, 4) is 0 Å². The van der Waals surface area contributed by atoms with Crippen LogP contribution in [0.2, 0.25) is 0 Å². The van der Waals surface area contributed by atoms with Crippen molar-refractivity contribution >= 4 is 5.91 Å². The van der Waals surface area contributed by atoms with Crippen LogP contribution in [0.25, 0.3) is 0 Å². The van der Waals surface area contributed by atoms with Gasteiger partial charge < -0.3 is 10.1 Å². The molecule has 1 aliphatic carbocycles. The van der Waals surface area contributed by atoms with Crippen LogP contribution in [0.1, 0.15) is 36.2 Å². The second-order valence-corrected chi connectivity index (χ2v) is 6.73. The number of nitrogens with zero attached hydrogens (tertiary/aromatic N) is 3. The summed E-state index contributed by atoms with van der Waals surface area (Å²) in [5.74, 6) is 1.25. The highest BCUT2D eigenvalue weighted by atomic mass is 16.5. The zero-order chi connectivity index (χ0) is 14.9. The van der Waals surface area contributed by atoms with E-state index in [9.17, 15) is 4.79 Å². The standard InChI is InChI=1S/C15H23N5O2/c21-15(13-7-16-19-18-13)17-14-9-20(8-12(14)10-1-2-10)11-3-5-22-6-4-11/h7,10-12,14H,1-6,8-9H2,(H,17,21)(H,16,18,19)/t12-,14+/m0/s1. The molecule has 7 nitrogen and oxygen atoms in total. The first-order chi connectivity index (χ1) is 10.8. The molecule has 1 amide bonds. The van der Waals surface area contributed by atoms with E-state index in [1.165, 1.54) is 19.0 Å². The van der Waals surface area contributed by atoms with Crippen molar-refractivity contribution in [1.29, 1.82) is 0 Å². The third-order valence-corrected chi connectivity index (χ3v) is 5.29. The molecule has 0 aromatic carbocycles. The van der Waals surface area contributed by atoms with Gasteiger partial charge in [0.15, 0.2) is 5.69 Å². The Bertz CT molecular complexity index is 510. The first kappa shape index (κ1) is 14.1. The van der Waals surface area contributed by atoms with E-state index in [1.807, 2.05) is 0 Å². The van der Waals surface area contributed by atoms with Crippen molar-refractivity contribution in [3.63, 3.8) is 0 Å². The summed E-state index contributed by atoms with van der Waals surface area (Å²) in [6.07, 6.45) is 6.32. The Labute approximate surface area is 129 Å². The van der Waals surface area contributed by atoms with Gasteiger partial charge in [-0.2, -0.15) is 15.4 Å². The van der Waals surface area contributed by atoms with E-state index in [4.69, 9.17) is 4.74 Å². The molecule has 2 aliphatic heterocycles. The van der Waals surface area contributed by atoms with E-state index in [-0.39, 0.29) is 11.9 Å². The van der Waals surface area contributed by atoms with E-state index in [0.717, 1.165) is 45.1 Å². The van der Waals surface area contributed by atoms with Gasteiger partial charge in [0.25, 0.3) is 5.91 Å². The van der Waals surface area contributed by atoms with Gasteiger partial charge in [-0.15, -0.1) is 0 Å². The van der Waals surface area contributed by atoms with Gasteiger partial charge in [0, 0.05) is 38.4 Å². The van der Waals surface area contributed by atoms with Crippen molar-refractivity contribution in [2.45, 2.75) is 37.8 Å². The van der Waals surface area contributed by atoms with Crippen molar-refractivity contribution in [3.05, 3.63) is 11.9 Å². The van der Waals surface area contributed by atoms with Crippen LogP contribution in [0.4, 0.5) is 0 Å². The Balaban J connectivity index is 1.42. The molecular weight excluding hydrogens is 282 g/mol. The molecular formula is C15H23N5O2. The van der Waals surface area contributed by atoms with Crippen LogP contribution in [0.3, 0.4) is 0 Å². The van der Waals surface area contributed by atoms with Gasteiger partial charge in [0.1, 0.15) is 0 Å². The predicted molar refractivity (Wildman–Crippen MR) is 79.3 cm³/mol. The quantitative estimate of drug-likeness (QED) is 0.842. The molecule has 22 heavy (non-hydrogen) atoms. The average Bonchev–Trinajstić information content (AvgIpc) is 3.09. The Kier molecular flexibility index (Phi) is 3.83. The molecule has 0 spiro atoms. The largest absolute Gasteiger partial charge is 0.381 e. The molecule has 120 valence electrons. The number of H-pyrrole nitrogens is 1. The zero-order valence-electron chi connectivity index (χ0n) is 12.7. The van der Waals surface area contributed by atoms with E-state index >= 15 is 0 Å². The van der Waals surface area contributed by atoms with E-state index in [2.05, 4.69) is 25.6 Å². The molecule has 1 aromatic rings. The number of rotatable bonds is 4. The molecule has 0 unspecified atom stereocenters. The van der Waals surface area contributed by atoms with Crippen molar-refractivity contribution < 1.29 is 9.53 Å². The number of nitrogens with one attached hydrogen (secondary N) is 2. The fourth-order valence-electron chi connectivity index (χ4n) is 3.92. The highest BCUT2D eigenvalue weighted by Gasteiger charge is 2.44. The first-order valence-electron chi connectivity index (χ1n) is 8.29. The van der Waals surface area contributed by atoms with Crippen molar-refractivity contribution in [1.82, 2.24) is 25.6 Å². The Hall–Kier alpha value is -1.47. The van der Waals surface area contributed by atoms with E-state index < -0.39 is 0 Å². The third-order valence-electron chi connectivity index (χ3n) is 5.29. The van der Waals surface area contributed by atoms with Gasteiger partial charge in [0.2, 0.25) is 0 Å². The topological polar surface area (TPSA) is 83.1 Å². The Morgan fingerprint density at radius 3 is 2.77 bits per heavy atom. The molecule has 2 atom stereocenters. The summed E-state index contributed by atoms with van der Waals surface area (Å²) in [5, 5.41) is 13.3. The molecule has 1 saturated carbocycles. The van der Waals surface area contributed by atoms with Crippen molar-refractivity contribution in [2.75, 3.05) is 26.3 Å². The van der Waals surface area contributed by atoms with Crippen LogP contribution in [0.5, 0.6) is 0 Å². The highest BCUT2D eigenvalue weighted by molar-refractivity contribution is 5.92. The van der Waals surface area contributed by atoms with E-state index in [1.54, 1.807) is 0 Å². The molecule has 3 fully saturated rings. The van der Waals surface area contributed by atoms with Crippen LogP contribution in [0.15, 0.2) is 6.20 Å². The van der Waals surface area contributed by atoms with Crippen molar-refractivity contribution in [2.24, 2.45) is 11.8 Å². The molecule has 2 saturated heterocycles. The maximum absolute atomic E-state index is 12.3. The van der Waals surface area contributed by atoms with E-state index in [0.29, 0.717) is 17.7 Å². The summed E-state index contributed by atoms with van der Waals surface area (Å²) < 4.78 is 5.47. The van der Waals surface area contributed by atoms with Gasteiger partial charge in [0.05, 0.1) is 6.20 Å². The summed E-state index contributed by atoms with van der Waals surface area (Å²) in [4.78, 5) is 14.8. The maximum Gasteiger partial charge on any atom is 0.273 e. The molecule has 0 bridgehead atoms. The number of likely N-dealkylation sites (tertiary alicyclic amines) is 1. The number of aromatic amines is 1. The number of carbonyl (C=O) groups is 1. The summed E-state index contributed by atoms with van der Waals surface area (Å²) in [5.41, 5.74) is 0.374. The number of ether oxygens (including phenoxy) is 1. The fraction of sp³-hybridized carbons (Fsp3) is 0.800. The minimum Gasteiger partial charge on any atom is -0.381 e. The van der Waals surface area contributed by atoms with Gasteiger partial charge in [-0.1, -0.05) is 0 Å². The molecule has 7 heteroatoms. The predicted octanol–water partition coefficient (Wildman–Crippen LogP) is 0.424. The fourth-order valence-corrected chi connectivity index (χ4v) is 3.92. The molecule has 0 radical (unpaired) electrons. The van der Waals surface area contributed by atoms with Crippen LogP contribution < -0.4 is 5.32 Å². The lowest BCUT2D eigenvalue weighted by molar-refractivity contribution is 0.0404. The second kappa shape index (κ2) is 5.96. The monoisotopic (exact) mass is 305 g/mol. The highest BCUT2D eigenvalue weighted by Crippen LogP contribution is 2.42. The molecule has 3 aliphatic rings. The number of aromatic nitrogens is 3. The lowest BCUT2D eigenvalue weighted by Crippen LogP contribution is -2.43. The summed E-state index contributed by atoms with van der Waals surface area (Å²) in [6.45, 7) is 3.80. The minimum atomic E-state index is -0.113. The molecule has 1 aromatic heterocycles. The number of amides is 1. The maximum atomic E-state index is 12.3. The van der Waals surface area contributed by atoms with Gasteiger partial charge in [-0.25, -0.2) is 0 Å². The minimum absolute atomic E-state index is 0.113. The third kappa shape index (κ3) is 2.87. The summed E-state index contributed by atoms with van der Waals surface area (Å²) >= 11 is 0. The summed E-state index contributed by atoms with van der Waals surface area (Å²) in [7, 11) is 0.